The van der Waals surface area contributed by atoms with Crippen molar-refractivity contribution in [3.8, 4) is 11.3 Å². The molecule has 0 saturated carbocycles. The molecule has 0 bridgehead atoms. The summed E-state index contributed by atoms with van der Waals surface area (Å²) in [6, 6.07) is 22.1. The van der Waals surface area contributed by atoms with Crippen LogP contribution >= 0.6 is 0 Å². The molecule has 1 amide bonds. The summed E-state index contributed by atoms with van der Waals surface area (Å²) in [4.78, 5) is 25.2. The fourth-order valence-electron chi connectivity index (χ4n) is 2.70. The maximum absolute atomic E-state index is 12.3. The average molecular weight is 397 g/mol. The highest BCUT2D eigenvalue weighted by Crippen LogP contribution is 2.21. The first-order chi connectivity index (χ1) is 14.8. The average Bonchev–Trinajstić information content (AvgIpc) is 2.82. The van der Waals surface area contributed by atoms with Gasteiger partial charge in [0.2, 0.25) is 5.95 Å². The molecule has 4 aromatic rings. The fourth-order valence-corrected chi connectivity index (χ4v) is 2.70. The third kappa shape index (κ3) is 5.48. The van der Waals surface area contributed by atoms with Gasteiger partial charge in [0.25, 0.3) is 5.91 Å². The summed E-state index contributed by atoms with van der Waals surface area (Å²) in [7, 11) is 0. The number of benzene rings is 2. The lowest BCUT2D eigenvalue weighted by Crippen LogP contribution is -2.11. The van der Waals surface area contributed by atoms with Crippen molar-refractivity contribution in [2.45, 2.75) is 13.8 Å². The van der Waals surface area contributed by atoms with Crippen LogP contribution in [0.15, 0.2) is 91.4 Å². The monoisotopic (exact) mass is 397 g/mol. The molecule has 0 unspecified atom stereocenters. The molecule has 2 aromatic heterocycles. The number of hydrogen-bond donors (Lipinski definition) is 2. The van der Waals surface area contributed by atoms with Crippen LogP contribution in [0.5, 0.6) is 0 Å². The normalized spacial score (nSPS) is 9.80. The third-order valence-corrected chi connectivity index (χ3v) is 4.04. The van der Waals surface area contributed by atoms with E-state index in [1.54, 1.807) is 30.7 Å². The van der Waals surface area contributed by atoms with Crippen LogP contribution in [0.3, 0.4) is 0 Å². The molecule has 0 radical (unpaired) electrons. The van der Waals surface area contributed by atoms with Gasteiger partial charge in [-0.05, 0) is 48.5 Å². The van der Waals surface area contributed by atoms with Crippen molar-refractivity contribution in [2.24, 2.45) is 0 Å². The molecule has 2 heterocycles. The summed E-state index contributed by atoms with van der Waals surface area (Å²) in [5, 5.41) is 6.07. The highest BCUT2D eigenvalue weighted by Gasteiger charge is 2.07. The molecule has 150 valence electrons. The van der Waals surface area contributed by atoms with Gasteiger partial charge in [0, 0.05) is 41.1 Å². The second-order valence-corrected chi connectivity index (χ2v) is 6.03. The van der Waals surface area contributed by atoms with Gasteiger partial charge in [-0.2, -0.15) is 0 Å². The lowest BCUT2D eigenvalue weighted by molar-refractivity contribution is 0.102. The predicted octanol–water partition coefficient (Wildman–Crippen LogP) is 5.56. The fraction of sp³-hybridized carbons (Fsp3) is 0.0833. The number of rotatable bonds is 5. The number of amides is 1. The molecule has 0 fully saturated rings. The van der Waals surface area contributed by atoms with Crippen LogP contribution in [-0.4, -0.2) is 20.9 Å². The van der Waals surface area contributed by atoms with E-state index >= 15 is 0 Å². The predicted molar refractivity (Wildman–Crippen MR) is 121 cm³/mol. The molecular formula is C24H23N5O. The third-order valence-electron chi connectivity index (χ3n) is 4.04. The van der Waals surface area contributed by atoms with E-state index in [0.717, 1.165) is 16.9 Å². The number of anilines is 3. The lowest BCUT2D eigenvalue weighted by Gasteiger charge is -2.09. The number of hydrogen-bond acceptors (Lipinski definition) is 5. The molecular weight excluding hydrogens is 374 g/mol. The SMILES string of the molecule is CC.O=C(Nc1cccc(Nc2nccc(-c3ccncc3)n2)c1)c1ccccc1. The van der Waals surface area contributed by atoms with E-state index in [1.165, 1.54) is 0 Å². The second-order valence-electron chi connectivity index (χ2n) is 6.03. The summed E-state index contributed by atoms with van der Waals surface area (Å²) in [5.74, 6) is 0.314. The van der Waals surface area contributed by atoms with E-state index in [4.69, 9.17) is 0 Å². The molecule has 0 atom stereocenters. The Kier molecular flexibility index (Phi) is 7.22. The number of aromatic nitrogens is 3. The summed E-state index contributed by atoms with van der Waals surface area (Å²) >= 11 is 0. The van der Waals surface area contributed by atoms with Crippen LogP contribution in [0, 0.1) is 0 Å². The van der Waals surface area contributed by atoms with Crippen molar-refractivity contribution in [3.05, 3.63) is 97.0 Å². The number of nitrogens with zero attached hydrogens (tertiary/aromatic N) is 3. The van der Waals surface area contributed by atoms with Gasteiger partial charge in [-0.15, -0.1) is 0 Å². The van der Waals surface area contributed by atoms with E-state index in [1.807, 2.05) is 74.5 Å². The summed E-state index contributed by atoms with van der Waals surface area (Å²) < 4.78 is 0. The quantitative estimate of drug-likeness (QED) is 0.461. The topological polar surface area (TPSA) is 79.8 Å². The molecule has 30 heavy (non-hydrogen) atoms. The Bertz CT molecular complexity index is 1080. The molecule has 0 saturated heterocycles. The number of carbonyl (C=O) groups is 1. The number of carbonyl (C=O) groups excluding carboxylic acids is 1. The molecule has 2 aromatic carbocycles. The van der Waals surface area contributed by atoms with Crippen molar-refractivity contribution >= 4 is 23.2 Å². The second kappa shape index (κ2) is 10.5. The van der Waals surface area contributed by atoms with Crippen LogP contribution in [0.2, 0.25) is 0 Å². The first-order valence-electron chi connectivity index (χ1n) is 9.75. The zero-order chi connectivity index (χ0) is 21.2. The van der Waals surface area contributed by atoms with Crippen LogP contribution in [0.4, 0.5) is 17.3 Å². The van der Waals surface area contributed by atoms with Crippen molar-refractivity contribution in [3.63, 3.8) is 0 Å². The summed E-state index contributed by atoms with van der Waals surface area (Å²) in [6.45, 7) is 4.00. The minimum atomic E-state index is -0.159. The van der Waals surface area contributed by atoms with Crippen molar-refractivity contribution in [1.29, 1.82) is 0 Å². The maximum atomic E-state index is 12.3. The Morgan fingerprint density at radius 3 is 2.30 bits per heavy atom. The molecule has 0 aliphatic carbocycles. The van der Waals surface area contributed by atoms with E-state index in [0.29, 0.717) is 17.2 Å². The largest absolute Gasteiger partial charge is 0.324 e. The Labute approximate surface area is 176 Å². The van der Waals surface area contributed by atoms with Gasteiger partial charge in [0.05, 0.1) is 5.69 Å². The van der Waals surface area contributed by atoms with Gasteiger partial charge < -0.3 is 10.6 Å². The van der Waals surface area contributed by atoms with Crippen molar-refractivity contribution in [2.75, 3.05) is 10.6 Å². The minimum absolute atomic E-state index is 0.159. The van der Waals surface area contributed by atoms with Gasteiger partial charge in [-0.3, -0.25) is 9.78 Å². The maximum Gasteiger partial charge on any atom is 0.255 e. The van der Waals surface area contributed by atoms with Crippen LogP contribution in [0.1, 0.15) is 24.2 Å². The van der Waals surface area contributed by atoms with E-state index in [-0.39, 0.29) is 5.91 Å². The Hall–Kier alpha value is -4.06. The Morgan fingerprint density at radius 1 is 0.800 bits per heavy atom. The molecule has 6 nitrogen and oxygen atoms in total. The van der Waals surface area contributed by atoms with E-state index in [9.17, 15) is 4.79 Å². The lowest BCUT2D eigenvalue weighted by atomic mass is 10.2. The molecule has 6 heteroatoms. The summed E-state index contributed by atoms with van der Waals surface area (Å²) in [5.41, 5.74) is 3.83. The van der Waals surface area contributed by atoms with E-state index < -0.39 is 0 Å². The van der Waals surface area contributed by atoms with Gasteiger partial charge in [0.15, 0.2) is 0 Å². The molecule has 0 aliphatic heterocycles. The highest BCUT2D eigenvalue weighted by atomic mass is 16.1. The van der Waals surface area contributed by atoms with Crippen molar-refractivity contribution in [1.82, 2.24) is 15.0 Å². The first-order valence-corrected chi connectivity index (χ1v) is 9.75. The minimum Gasteiger partial charge on any atom is -0.324 e. The zero-order valence-corrected chi connectivity index (χ0v) is 16.9. The smallest absolute Gasteiger partial charge is 0.255 e. The first kappa shape index (κ1) is 20.7. The van der Waals surface area contributed by atoms with Crippen LogP contribution in [-0.2, 0) is 0 Å². The molecule has 2 N–H and O–H groups in total. The summed E-state index contributed by atoms with van der Waals surface area (Å²) in [6.07, 6.45) is 5.15. The van der Waals surface area contributed by atoms with E-state index in [2.05, 4.69) is 25.6 Å². The molecule has 0 spiro atoms. The van der Waals surface area contributed by atoms with Crippen LogP contribution < -0.4 is 10.6 Å². The Balaban J connectivity index is 0.00000124. The zero-order valence-electron chi connectivity index (χ0n) is 16.9. The molecule has 0 aliphatic rings. The molecule has 4 rings (SSSR count). The standard InChI is InChI=1S/C22H17N5O.C2H6/c28-21(17-5-2-1-3-6-17)25-18-7-4-8-19(15-18)26-22-24-14-11-20(27-22)16-9-12-23-13-10-16;1-2/h1-15H,(H,25,28)(H,24,26,27);1-2H3. The Morgan fingerprint density at radius 2 is 1.53 bits per heavy atom. The van der Waals surface area contributed by atoms with Gasteiger partial charge >= 0.3 is 0 Å². The van der Waals surface area contributed by atoms with Gasteiger partial charge in [0.1, 0.15) is 0 Å². The highest BCUT2D eigenvalue weighted by molar-refractivity contribution is 6.04. The number of pyridine rings is 1. The van der Waals surface area contributed by atoms with Gasteiger partial charge in [-0.25, -0.2) is 9.97 Å². The van der Waals surface area contributed by atoms with Crippen molar-refractivity contribution < 1.29 is 4.79 Å². The number of nitrogens with one attached hydrogen (secondary N) is 2. The van der Waals surface area contributed by atoms with Gasteiger partial charge in [-0.1, -0.05) is 38.1 Å². The van der Waals surface area contributed by atoms with Crippen LogP contribution in [0.25, 0.3) is 11.3 Å².